The lowest BCUT2D eigenvalue weighted by Crippen LogP contribution is -1.89. The molecule has 2 heteroatoms. The molecule has 0 amide bonds. The van der Waals surface area contributed by atoms with E-state index in [4.69, 9.17) is 0 Å². The molecule has 0 spiro atoms. The van der Waals surface area contributed by atoms with E-state index in [-0.39, 0.29) is 0 Å². The number of hydrogen-bond donors (Lipinski definition) is 0. The second kappa shape index (κ2) is 6.37. The van der Waals surface area contributed by atoms with Crippen LogP contribution in [0.15, 0.2) is 71.6 Å². The summed E-state index contributed by atoms with van der Waals surface area (Å²) in [5.41, 5.74) is 5.34. The van der Waals surface area contributed by atoms with Crippen LogP contribution >= 0.6 is 11.8 Å². The Morgan fingerprint density at radius 2 is 1.50 bits per heavy atom. The van der Waals surface area contributed by atoms with Crippen molar-refractivity contribution in [2.45, 2.75) is 18.2 Å². The molecule has 0 N–H and O–H groups in total. The zero-order valence-electron chi connectivity index (χ0n) is 14.1. The van der Waals surface area contributed by atoms with Gasteiger partial charge in [0.15, 0.2) is 0 Å². The fourth-order valence-electron chi connectivity index (χ4n) is 3.43. The minimum Gasteiger partial charge on any atom is -0.344 e. The number of thioether (sulfide) groups is 1. The zero-order valence-corrected chi connectivity index (χ0v) is 14.9. The second-order valence-corrected chi connectivity index (χ2v) is 7.52. The summed E-state index contributed by atoms with van der Waals surface area (Å²) in [7, 11) is 2.15. The summed E-state index contributed by atoms with van der Waals surface area (Å²) >= 11 is 1.89. The lowest BCUT2D eigenvalue weighted by molar-refractivity contribution is 1.01. The van der Waals surface area contributed by atoms with Crippen LogP contribution in [0.1, 0.15) is 18.1 Å². The molecule has 0 atom stereocenters. The van der Waals surface area contributed by atoms with Crippen molar-refractivity contribution in [2.75, 3.05) is 5.75 Å². The molecule has 4 rings (SSSR count). The van der Waals surface area contributed by atoms with Crippen molar-refractivity contribution in [3.63, 3.8) is 0 Å². The van der Waals surface area contributed by atoms with Gasteiger partial charge in [-0.25, -0.2) is 0 Å². The van der Waals surface area contributed by atoms with Crippen molar-refractivity contribution >= 4 is 33.6 Å². The summed E-state index contributed by atoms with van der Waals surface area (Å²) in [5.74, 6) is 1.12. The van der Waals surface area contributed by atoms with Crippen molar-refractivity contribution < 1.29 is 0 Å². The van der Waals surface area contributed by atoms with E-state index in [0.717, 1.165) is 12.2 Å². The van der Waals surface area contributed by atoms with Crippen molar-refractivity contribution in [1.82, 2.24) is 4.57 Å². The fraction of sp³-hybridized carbons (Fsp3) is 0.182. The Balaban J connectivity index is 1.71. The highest BCUT2D eigenvalue weighted by molar-refractivity contribution is 7.99. The van der Waals surface area contributed by atoms with Gasteiger partial charge < -0.3 is 4.57 Å². The first-order chi connectivity index (χ1) is 11.8. The predicted octanol–water partition coefficient (Wildman–Crippen LogP) is 6.03. The first kappa shape index (κ1) is 15.3. The molecular formula is C22H21NS. The molecular weight excluding hydrogens is 310 g/mol. The van der Waals surface area contributed by atoms with Gasteiger partial charge in [0.25, 0.3) is 0 Å². The number of hydrogen-bond acceptors (Lipinski definition) is 1. The van der Waals surface area contributed by atoms with Crippen molar-refractivity contribution in [1.29, 1.82) is 0 Å². The molecule has 3 aromatic carbocycles. The minimum atomic E-state index is 0.982. The topological polar surface area (TPSA) is 4.93 Å². The summed E-state index contributed by atoms with van der Waals surface area (Å²) in [6.45, 7) is 2.19. The van der Waals surface area contributed by atoms with Gasteiger partial charge in [0.05, 0.1) is 0 Å². The van der Waals surface area contributed by atoms with Gasteiger partial charge in [-0.2, -0.15) is 0 Å². The third-order valence-corrected chi connectivity index (χ3v) is 5.51. The van der Waals surface area contributed by atoms with Gasteiger partial charge in [-0.3, -0.25) is 0 Å². The molecule has 24 heavy (non-hydrogen) atoms. The van der Waals surface area contributed by atoms with Crippen LogP contribution in [0.25, 0.3) is 21.8 Å². The van der Waals surface area contributed by atoms with E-state index < -0.39 is 0 Å². The average Bonchev–Trinajstić information content (AvgIpc) is 2.90. The van der Waals surface area contributed by atoms with Crippen LogP contribution in [0.2, 0.25) is 0 Å². The normalized spacial score (nSPS) is 11.4. The van der Waals surface area contributed by atoms with Crippen LogP contribution in [0.4, 0.5) is 0 Å². The first-order valence-corrected chi connectivity index (χ1v) is 9.42. The molecule has 120 valence electrons. The molecule has 0 bridgehead atoms. The van der Waals surface area contributed by atoms with Gasteiger partial charge in [-0.05, 0) is 53.6 Å². The van der Waals surface area contributed by atoms with Crippen LogP contribution in [-0.4, -0.2) is 10.3 Å². The van der Waals surface area contributed by atoms with E-state index in [9.17, 15) is 0 Å². The molecule has 4 aromatic rings. The molecule has 0 saturated carbocycles. The summed E-state index contributed by atoms with van der Waals surface area (Å²) in [6, 6.07) is 24.5. The molecule has 1 nitrogen and oxygen atoms in total. The lowest BCUT2D eigenvalue weighted by atomic mass is 10.0. The predicted molar refractivity (Wildman–Crippen MR) is 106 cm³/mol. The van der Waals surface area contributed by atoms with Crippen LogP contribution < -0.4 is 0 Å². The van der Waals surface area contributed by atoms with E-state index >= 15 is 0 Å². The minimum absolute atomic E-state index is 0.982. The first-order valence-electron chi connectivity index (χ1n) is 8.44. The van der Waals surface area contributed by atoms with Gasteiger partial charge in [0.1, 0.15) is 0 Å². The van der Waals surface area contributed by atoms with E-state index in [1.54, 1.807) is 0 Å². The van der Waals surface area contributed by atoms with E-state index in [0.29, 0.717) is 0 Å². The fourth-order valence-corrected chi connectivity index (χ4v) is 4.09. The largest absolute Gasteiger partial charge is 0.344 e. The van der Waals surface area contributed by atoms with Crippen LogP contribution in [0.3, 0.4) is 0 Å². The maximum absolute atomic E-state index is 2.35. The zero-order chi connectivity index (χ0) is 16.5. The van der Waals surface area contributed by atoms with Crippen molar-refractivity contribution in [3.8, 4) is 0 Å². The van der Waals surface area contributed by atoms with Gasteiger partial charge in [0, 0.05) is 33.7 Å². The summed E-state index contributed by atoms with van der Waals surface area (Å²) in [5, 5.41) is 2.69. The second-order valence-electron chi connectivity index (χ2n) is 6.18. The van der Waals surface area contributed by atoms with Crippen LogP contribution in [0, 0.1) is 0 Å². The molecule has 1 heterocycles. The van der Waals surface area contributed by atoms with Gasteiger partial charge in [-0.1, -0.05) is 43.3 Å². The molecule has 0 saturated heterocycles. The summed E-state index contributed by atoms with van der Waals surface area (Å²) < 4.78 is 2.28. The number of nitrogens with zero attached hydrogens (tertiary/aromatic N) is 1. The number of para-hydroxylation sites is 1. The third-order valence-electron chi connectivity index (χ3n) is 4.62. The maximum Gasteiger partial charge on any atom is 0.0488 e. The van der Waals surface area contributed by atoms with E-state index in [2.05, 4.69) is 85.3 Å². The Bertz CT molecular complexity index is 996. The Hall–Kier alpha value is -2.19. The van der Waals surface area contributed by atoms with Gasteiger partial charge in [-0.15, -0.1) is 11.8 Å². The molecule has 0 fully saturated rings. The number of fused-ring (bicyclic) bond motifs is 3. The average molecular weight is 331 g/mol. The molecule has 0 aliphatic carbocycles. The molecule has 0 radical (unpaired) electrons. The molecule has 1 aromatic heterocycles. The quantitative estimate of drug-likeness (QED) is 0.413. The Morgan fingerprint density at radius 1 is 0.792 bits per heavy atom. The standard InChI is InChI=1S/C22H21NS/c1-3-24-18-11-8-16(9-12-18)14-17-10-13-22-20(15-17)19-6-4-5-7-21(19)23(22)2/h4-13,15H,3,14H2,1-2H3. The molecule has 0 unspecified atom stereocenters. The highest BCUT2D eigenvalue weighted by Gasteiger charge is 2.08. The Kier molecular flexibility index (Phi) is 4.07. The number of benzene rings is 3. The lowest BCUT2D eigenvalue weighted by Gasteiger charge is -2.05. The number of aromatic nitrogens is 1. The Labute approximate surface area is 147 Å². The van der Waals surface area contributed by atoms with E-state index in [1.807, 2.05) is 11.8 Å². The molecule has 0 aliphatic heterocycles. The Morgan fingerprint density at radius 3 is 2.29 bits per heavy atom. The SMILES string of the molecule is CCSc1ccc(Cc2ccc3c(c2)c2ccccc2n3C)cc1. The number of aryl methyl sites for hydroxylation is 1. The molecule has 0 aliphatic rings. The van der Waals surface area contributed by atoms with Crippen LogP contribution in [0.5, 0.6) is 0 Å². The summed E-state index contributed by atoms with van der Waals surface area (Å²) in [6.07, 6.45) is 0.982. The van der Waals surface area contributed by atoms with Gasteiger partial charge in [0.2, 0.25) is 0 Å². The van der Waals surface area contributed by atoms with Crippen molar-refractivity contribution in [3.05, 3.63) is 77.9 Å². The smallest absolute Gasteiger partial charge is 0.0488 e. The van der Waals surface area contributed by atoms with Crippen LogP contribution in [-0.2, 0) is 13.5 Å². The van der Waals surface area contributed by atoms with Gasteiger partial charge >= 0.3 is 0 Å². The third kappa shape index (κ3) is 2.71. The highest BCUT2D eigenvalue weighted by Crippen LogP contribution is 2.29. The summed E-state index contributed by atoms with van der Waals surface area (Å²) in [4.78, 5) is 1.35. The number of rotatable bonds is 4. The van der Waals surface area contributed by atoms with Crippen molar-refractivity contribution in [2.24, 2.45) is 7.05 Å². The maximum atomic E-state index is 2.35. The highest BCUT2D eigenvalue weighted by atomic mass is 32.2. The monoisotopic (exact) mass is 331 g/mol. The van der Waals surface area contributed by atoms with E-state index in [1.165, 1.54) is 37.8 Å².